The van der Waals surface area contributed by atoms with Crippen molar-refractivity contribution in [3.8, 4) is 11.4 Å². The van der Waals surface area contributed by atoms with Gasteiger partial charge in [0, 0.05) is 18.4 Å². The molecule has 1 aromatic carbocycles. The van der Waals surface area contributed by atoms with E-state index >= 15 is 0 Å². The Hall–Kier alpha value is -1.81. The summed E-state index contributed by atoms with van der Waals surface area (Å²) in [5.41, 5.74) is 7.86. The molecule has 0 bridgehead atoms. The quantitative estimate of drug-likeness (QED) is 0.878. The molecule has 0 fully saturated rings. The van der Waals surface area contributed by atoms with Gasteiger partial charge in [-0.3, -0.25) is 0 Å². The lowest BCUT2D eigenvalue weighted by molar-refractivity contribution is 0.338. The summed E-state index contributed by atoms with van der Waals surface area (Å²) in [5, 5.41) is 4.21. The molecule has 0 radical (unpaired) electrons. The van der Waals surface area contributed by atoms with Gasteiger partial charge in [0.2, 0.25) is 0 Å². The maximum absolute atomic E-state index is 5.87. The molecule has 0 aliphatic carbocycles. The first kappa shape index (κ1) is 11.7. The summed E-state index contributed by atoms with van der Waals surface area (Å²) >= 11 is 0. The predicted octanol–water partition coefficient (Wildman–Crippen LogP) is 2.29. The highest BCUT2D eigenvalue weighted by Gasteiger charge is 2.09. The molecule has 1 aromatic heterocycles. The van der Waals surface area contributed by atoms with Crippen LogP contribution in [0.1, 0.15) is 25.5 Å². The van der Waals surface area contributed by atoms with Gasteiger partial charge in [0.15, 0.2) is 0 Å². The Morgan fingerprint density at radius 3 is 2.88 bits per heavy atom. The summed E-state index contributed by atoms with van der Waals surface area (Å²) < 4.78 is 7.42. The molecule has 0 saturated heterocycles. The van der Waals surface area contributed by atoms with Crippen LogP contribution in [0.4, 0.5) is 0 Å². The van der Waals surface area contributed by atoms with Gasteiger partial charge >= 0.3 is 0 Å². The number of ether oxygens (including phenoxy) is 1. The molecule has 0 saturated carbocycles. The standard InChI is InChI=1S/C13H17N3O/c1-3-17-13-9-11(10(2)14)5-6-12(13)16-8-4-7-15-16/h4-10H,3,14H2,1-2H3/t10-/m1/s1. The summed E-state index contributed by atoms with van der Waals surface area (Å²) in [6, 6.07) is 7.85. The normalized spacial score (nSPS) is 12.4. The zero-order chi connectivity index (χ0) is 12.3. The molecule has 2 rings (SSSR count). The van der Waals surface area contributed by atoms with Crippen molar-refractivity contribution in [2.75, 3.05) is 6.61 Å². The van der Waals surface area contributed by atoms with E-state index in [4.69, 9.17) is 10.5 Å². The molecule has 4 nitrogen and oxygen atoms in total. The van der Waals surface area contributed by atoms with Crippen molar-refractivity contribution in [2.24, 2.45) is 5.73 Å². The summed E-state index contributed by atoms with van der Waals surface area (Å²) in [4.78, 5) is 0. The van der Waals surface area contributed by atoms with E-state index in [1.165, 1.54) is 0 Å². The monoisotopic (exact) mass is 231 g/mol. The van der Waals surface area contributed by atoms with Gasteiger partial charge in [-0.15, -0.1) is 0 Å². The summed E-state index contributed by atoms with van der Waals surface area (Å²) in [6.07, 6.45) is 3.64. The van der Waals surface area contributed by atoms with E-state index in [2.05, 4.69) is 5.10 Å². The van der Waals surface area contributed by atoms with Gasteiger partial charge in [-0.25, -0.2) is 4.68 Å². The first-order valence-electron chi connectivity index (χ1n) is 5.74. The summed E-state index contributed by atoms with van der Waals surface area (Å²) in [7, 11) is 0. The molecule has 2 aromatic rings. The fourth-order valence-corrected chi connectivity index (χ4v) is 1.69. The third-order valence-corrected chi connectivity index (χ3v) is 2.56. The van der Waals surface area contributed by atoms with Crippen molar-refractivity contribution >= 4 is 0 Å². The molecule has 2 N–H and O–H groups in total. The lowest BCUT2D eigenvalue weighted by Gasteiger charge is -2.13. The van der Waals surface area contributed by atoms with Gasteiger partial charge in [-0.1, -0.05) is 6.07 Å². The van der Waals surface area contributed by atoms with Crippen molar-refractivity contribution in [3.63, 3.8) is 0 Å². The Kier molecular flexibility index (Phi) is 3.44. The van der Waals surface area contributed by atoms with Crippen molar-refractivity contribution < 1.29 is 4.74 Å². The number of rotatable bonds is 4. The molecule has 0 aliphatic rings. The first-order chi connectivity index (χ1) is 8.22. The highest BCUT2D eigenvalue weighted by molar-refractivity contribution is 5.49. The first-order valence-corrected chi connectivity index (χ1v) is 5.74. The third kappa shape index (κ3) is 2.47. The SMILES string of the molecule is CCOc1cc([C@@H](C)N)ccc1-n1cccn1. The molecule has 1 heterocycles. The van der Waals surface area contributed by atoms with Crippen LogP contribution in [-0.2, 0) is 0 Å². The maximum atomic E-state index is 5.87. The molecule has 1 atom stereocenters. The molecular formula is C13H17N3O. The number of hydrogen-bond donors (Lipinski definition) is 1. The lowest BCUT2D eigenvalue weighted by Crippen LogP contribution is -2.07. The Labute approximate surface area is 101 Å². The summed E-state index contributed by atoms with van der Waals surface area (Å²) in [6.45, 7) is 4.54. The van der Waals surface area contributed by atoms with E-state index in [1.807, 2.05) is 44.3 Å². The van der Waals surface area contributed by atoms with Gasteiger partial charge in [0.25, 0.3) is 0 Å². The average molecular weight is 231 g/mol. The van der Waals surface area contributed by atoms with E-state index in [1.54, 1.807) is 10.9 Å². The maximum Gasteiger partial charge on any atom is 0.145 e. The summed E-state index contributed by atoms with van der Waals surface area (Å²) in [5.74, 6) is 0.811. The number of nitrogens with two attached hydrogens (primary N) is 1. The molecule has 0 spiro atoms. The molecule has 17 heavy (non-hydrogen) atoms. The van der Waals surface area contributed by atoms with Gasteiger partial charge in [0.1, 0.15) is 11.4 Å². The van der Waals surface area contributed by atoms with Crippen LogP contribution < -0.4 is 10.5 Å². The van der Waals surface area contributed by atoms with Crippen LogP contribution in [0.25, 0.3) is 5.69 Å². The number of aromatic nitrogens is 2. The molecule has 4 heteroatoms. The molecule has 0 unspecified atom stereocenters. The fourth-order valence-electron chi connectivity index (χ4n) is 1.69. The Balaban J connectivity index is 2.45. The lowest BCUT2D eigenvalue weighted by atomic mass is 10.1. The van der Waals surface area contributed by atoms with Crippen LogP contribution in [0.2, 0.25) is 0 Å². The van der Waals surface area contributed by atoms with Gasteiger partial charge in [-0.05, 0) is 37.6 Å². The predicted molar refractivity (Wildman–Crippen MR) is 67.3 cm³/mol. The second kappa shape index (κ2) is 5.01. The van der Waals surface area contributed by atoms with Crippen LogP contribution in [0.3, 0.4) is 0 Å². The largest absolute Gasteiger partial charge is 0.492 e. The van der Waals surface area contributed by atoms with Gasteiger partial charge in [0.05, 0.1) is 6.61 Å². The second-order valence-electron chi connectivity index (χ2n) is 3.90. The van der Waals surface area contributed by atoms with Crippen LogP contribution >= 0.6 is 0 Å². The minimum atomic E-state index is 0.000813. The Morgan fingerprint density at radius 2 is 2.29 bits per heavy atom. The average Bonchev–Trinajstić information content (AvgIpc) is 2.82. The van der Waals surface area contributed by atoms with Crippen LogP contribution in [0, 0.1) is 0 Å². The van der Waals surface area contributed by atoms with E-state index in [0.717, 1.165) is 17.0 Å². The number of benzene rings is 1. The van der Waals surface area contributed by atoms with Crippen molar-refractivity contribution in [2.45, 2.75) is 19.9 Å². The highest BCUT2D eigenvalue weighted by Crippen LogP contribution is 2.26. The van der Waals surface area contributed by atoms with Crippen molar-refractivity contribution in [3.05, 3.63) is 42.2 Å². The number of hydrogen-bond acceptors (Lipinski definition) is 3. The minimum Gasteiger partial charge on any atom is -0.492 e. The van der Waals surface area contributed by atoms with Crippen LogP contribution in [0.15, 0.2) is 36.7 Å². The van der Waals surface area contributed by atoms with Crippen molar-refractivity contribution in [1.29, 1.82) is 0 Å². The van der Waals surface area contributed by atoms with E-state index in [-0.39, 0.29) is 6.04 Å². The van der Waals surface area contributed by atoms with Crippen molar-refractivity contribution in [1.82, 2.24) is 9.78 Å². The molecule has 0 amide bonds. The smallest absolute Gasteiger partial charge is 0.145 e. The van der Waals surface area contributed by atoms with Gasteiger partial charge < -0.3 is 10.5 Å². The third-order valence-electron chi connectivity index (χ3n) is 2.56. The molecular weight excluding hydrogens is 214 g/mol. The zero-order valence-corrected chi connectivity index (χ0v) is 10.1. The Morgan fingerprint density at radius 1 is 1.47 bits per heavy atom. The number of nitrogens with zero attached hydrogens (tertiary/aromatic N) is 2. The zero-order valence-electron chi connectivity index (χ0n) is 10.1. The fraction of sp³-hybridized carbons (Fsp3) is 0.308. The molecule has 90 valence electrons. The second-order valence-corrected chi connectivity index (χ2v) is 3.90. The minimum absolute atomic E-state index is 0.000813. The van der Waals surface area contributed by atoms with Crippen LogP contribution in [-0.4, -0.2) is 16.4 Å². The molecule has 0 aliphatic heterocycles. The van der Waals surface area contributed by atoms with Crippen LogP contribution in [0.5, 0.6) is 5.75 Å². The topological polar surface area (TPSA) is 53.1 Å². The Bertz CT molecular complexity index is 477. The van der Waals surface area contributed by atoms with E-state index in [9.17, 15) is 0 Å². The van der Waals surface area contributed by atoms with E-state index in [0.29, 0.717) is 6.61 Å². The van der Waals surface area contributed by atoms with Gasteiger partial charge in [-0.2, -0.15) is 5.10 Å². The highest BCUT2D eigenvalue weighted by atomic mass is 16.5. The van der Waals surface area contributed by atoms with E-state index < -0.39 is 0 Å².